The van der Waals surface area contributed by atoms with Crippen LogP contribution < -0.4 is 4.90 Å². The number of nitrogens with zero attached hydrogens (tertiary/aromatic N) is 2. The molecule has 0 aliphatic carbocycles. The Morgan fingerprint density at radius 2 is 2.00 bits per heavy atom. The fourth-order valence-electron chi connectivity index (χ4n) is 2.41. The van der Waals surface area contributed by atoms with Crippen molar-refractivity contribution in [1.82, 2.24) is 4.90 Å². The molecule has 4 nitrogen and oxygen atoms in total. The normalized spacial score (nSPS) is 16.9. The predicted molar refractivity (Wildman–Crippen MR) is 72.3 cm³/mol. The predicted octanol–water partition coefficient (Wildman–Crippen LogP) is 0.922. The second kappa shape index (κ2) is 5.98. The van der Waals surface area contributed by atoms with E-state index in [-0.39, 0.29) is 6.61 Å². The summed E-state index contributed by atoms with van der Waals surface area (Å²) in [6.45, 7) is 6.63. The number of anilines is 1. The summed E-state index contributed by atoms with van der Waals surface area (Å²) < 4.78 is 0. The third kappa shape index (κ3) is 2.89. The molecular formula is C14H20N2O2. The van der Waals surface area contributed by atoms with E-state index in [1.54, 1.807) is 0 Å². The van der Waals surface area contributed by atoms with Crippen LogP contribution in [0.25, 0.3) is 0 Å². The van der Waals surface area contributed by atoms with Gasteiger partial charge in [-0.05, 0) is 19.1 Å². The molecule has 4 heteroatoms. The number of carbonyl (C=O) groups excluding carboxylic acids is 1. The summed E-state index contributed by atoms with van der Waals surface area (Å²) in [5.41, 5.74) is 2.91. The van der Waals surface area contributed by atoms with Crippen molar-refractivity contribution in [1.29, 1.82) is 0 Å². The zero-order valence-corrected chi connectivity index (χ0v) is 10.8. The number of benzene rings is 1. The molecule has 0 spiro atoms. The Kier molecular flexibility index (Phi) is 4.33. The van der Waals surface area contributed by atoms with E-state index in [1.807, 2.05) is 25.1 Å². The Morgan fingerprint density at radius 1 is 1.28 bits per heavy atom. The van der Waals surface area contributed by atoms with E-state index >= 15 is 0 Å². The maximum absolute atomic E-state index is 11.1. The molecular weight excluding hydrogens is 228 g/mol. The number of carbonyl (C=O) groups is 1. The van der Waals surface area contributed by atoms with Gasteiger partial charge in [0.2, 0.25) is 0 Å². The average Bonchev–Trinajstić information content (AvgIpc) is 2.40. The Hall–Kier alpha value is -1.39. The molecule has 0 bridgehead atoms. The summed E-state index contributed by atoms with van der Waals surface area (Å²) in [5, 5.41) is 8.91. The van der Waals surface area contributed by atoms with Gasteiger partial charge in [-0.3, -0.25) is 9.69 Å². The number of aliphatic hydroxyl groups excluding tert-OH is 1. The number of hydrogen-bond donors (Lipinski definition) is 1. The van der Waals surface area contributed by atoms with Crippen molar-refractivity contribution in [2.45, 2.75) is 6.92 Å². The molecule has 98 valence electrons. The molecule has 1 aliphatic heterocycles. The minimum atomic E-state index is 0.212. The Morgan fingerprint density at radius 3 is 2.61 bits per heavy atom. The molecule has 0 aromatic heterocycles. The van der Waals surface area contributed by atoms with Crippen LogP contribution in [0.15, 0.2) is 18.2 Å². The molecule has 1 aromatic rings. The maximum atomic E-state index is 11.1. The van der Waals surface area contributed by atoms with E-state index < -0.39 is 0 Å². The van der Waals surface area contributed by atoms with Gasteiger partial charge in [-0.1, -0.05) is 11.6 Å². The zero-order chi connectivity index (χ0) is 13.0. The van der Waals surface area contributed by atoms with Crippen molar-refractivity contribution in [3.05, 3.63) is 29.3 Å². The van der Waals surface area contributed by atoms with Gasteiger partial charge in [0, 0.05) is 44.0 Å². The summed E-state index contributed by atoms with van der Waals surface area (Å²) in [5.74, 6) is 0. The largest absolute Gasteiger partial charge is 0.395 e. The van der Waals surface area contributed by atoms with E-state index in [9.17, 15) is 4.79 Å². The average molecular weight is 248 g/mol. The van der Waals surface area contributed by atoms with Crippen molar-refractivity contribution < 1.29 is 9.90 Å². The van der Waals surface area contributed by atoms with E-state index in [2.05, 4.69) is 9.80 Å². The molecule has 0 unspecified atom stereocenters. The van der Waals surface area contributed by atoms with Crippen LogP contribution in [0.1, 0.15) is 15.9 Å². The van der Waals surface area contributed by atoms with Crippen molar-refractivity contribution >= 4 is 12.0 Å². The number of aliphatic hydroxyl groups is 1. The first kappa shape index (κ1) is 13.1. The second-order valence-electron chi connectivity index (χ2n) is 4.73. The van der Waals surface area contributed by atoms with Crippen LogP contribution in [-0.4, -0.2) is 55.6 Å². The lowest BCUT2D eigenvalue weighted by Gasteiger charge is -2.36. The standard InChI is InChI=1S/C14H20N2O2/c1-12-2-3-14(13(10-12)11-18)16-6-4-15(5-7-16)8-9-17/h2-3,10-11,17H,4-9H2,1H3. The molecule has 1 saturated heterocycles. The van der Waals surface area contributed by atoms with Gasteiger partial charge in [0.25, 0.3) is 0 Å². The fraction of sp³-hybridized carbons (Fsp3) is 0.500. The first-order chi connectivity index (χ1) is 8.74. The first-order valence-electron chi connectivity index (χ1n) is 6.38. The smallest absolute Gasteiger partial charge is 0.152 e. The minimum Gasteiger partial charge on any atom is -0.395 e. The minimum absolute atomic E-state index is 0.212. The topological polar surface area (TPSA) is 43.8 Å². The van der Waals surface area contributed by atoms with Gasteiger partial charge in [-0.15, -0.1) is 0 Å². The van der Waals surface area contributed by atoms with Gasteiger partial charge in [0.15, 0.2) is 6.29 Å². The summed E-state index contributed by atoms with van der Waals surface area (Å²) in [6, 6.07) is 6.01. The Bertz CT molecular complexity index is 412. The molecule has 18 heavy (non-hydrogen) atoms. The molecule has 0 radical (unpaired) electrons. The van der Waals surface area contributed by atoms with Gasteiger partial charge in [-0.2, -0.15) is 0 Å². The third-order valence-corrected chi connectivity index (χ3v) is 3.44. The molecule has 1 aliphatic rings. The summed E-state index contributed by atoms with van der Waals surface area (Å²) >= 11 is 0. The highest BCUT2D eigenvalue weighted by atomic mass is 16.3. The molecule has 1 aromatic carbocycles. The number of rotatable bonds is 4. The fourth-order valence-corrected chi connectivity index (χ4v) is 2.41. The zero-order valence-electron chi connectivity index (χ0n) is 10.8. The monoisotopic (exact) mass is 248 g/mol. The van der Waals surface area contributed by atoms with Gasteiger partial charge in [0.05, 0.1) is 6.61 Å². The third-order valence-electron chi connectivity index (χ3n) is 3.44. The molecule has 1 heterocycles. The van der Waals surface area contributed by atoms with E-state index in [0.717, 1.165) is 55.8 Å². The van der Waals surface area contributed by atoms with Crippen LogP contribution in [0.4, 0.5) is 5.69 Å². The second-order valence-corrected chi connectivity index (χ2v) is 4.73. The SMILES string of the molecule is Cc1ccc(N2CCN(CCO)CC2)c(C=O)c1. The van der Waals surface area contributed by atoms with Crippen LogP contribution in [0.3, 0.4) is 0 Å². The molecule has 1 fully saturated rings. The number of aryl methyl sites for hydroxylation is 1. The number of β-amino-alcohol motifs (C(OH)–C–C–N with tert-alkyl or cyclic N) is 1. The lowest BCUT2D eigenvalue weighted by atomic mass is 10.1. The lowest BCUT2D eigenvalue weighted by Crippen LogP contribution is -2.47. The quantitative estimate of drug-likeness (QED) is 0.805. The van der Waals surface area contributed by atoms with Crippen LogP contribution in [-0.2, 0) is 0 Å². The van der Waals surface area contributed by atoms with Crippen molar-refractivity contribution in [3.63, 3.8) is 0 Å². The molecule has 0 saturated carbocycles. The van der Waals surface area contributed by atoms with E-state index in [4.69, 9.17) is 5.11 Å². The van der Waals surface area contributed by atoms with Crippen molar-refractivity contribution in [2.75, 3.05) is 44.2 Å². The molecule has 0 atom stereocenters. The van der Waals surface area contributed by atoms with E-state index in [1.165, 1.54) is 0 Å². The maximum Gasteiger partial charge on any atom is 0.152 e. The summed E-state index contributed by atoms with van der Waals surface area (Å²) in [4.78, 5) is 15.6. The van der Waals surface area contributed by atoms with Gasteiger partial charge in [-0.25, -0.2) is 0 Å². The Labute approximate surface area is 108 Å². The molecule has 0 amide bonds. The molecule has 2 rings (SSSR count). The van der Waals surface area contributed by atoms with Gasteiger partial charge >= 0.3 is 0 Å². The Balaban J connectivity index is 2.07. The van der Waals surface area contributed by atoms with Crippen LogP contribution >= 0.6 is 0 Å². The molecule has 1 N–H and O–H groups in total. The van der Waals surface area contributed by atoms with Crippen molar-refractivity contribution in [2.24, 2.45) is 0 Å². The first-order valence-corrected chi connectivity index (χ1v) is 6.38. The van der Waals surface area contributed by atoms with Crippen LogP contribution in [0.2, 0.25) is 0 Å². The number of piperazine rings is 1. The van der Waals surface area contributed by atoms with Crippen LogP contribution in [0.5, 0.6) is 0 Å². The van der Waals surface area contributed by atoms with E-state index in [0.29, 0.717) is 0 Å². The van der Waals surface area contributed by atoms with Gasteiger partial charge in [0.1, 0.15) is 0 Å². The summed E-state index contributed by atoms with van der Waals surface area (Å²) in [7, 11) is 0. The number of aldehydes is 1. The number of hydrogen-bond acceptors (Lipinski definition) is 4. The lowest BCUT2D eigenvalue weighted by molar-refractivity contribution is 0.112. The highest BCUT2D eigenvalue weighted by Crippen LogP contribution is 2.21. The highest BCUT2D eigenvalue weighted by molar-refractivity contribution is 5.85. The van der Waals surface area contributed by atoms with Crippen molar-refractivity contribution in [3.8, 4) is 0 Å². The van der Waals surface area contributed by atoms with Crippen LogP contribution in [0, 0.1) is 6.92 Å². The highest BCUT2D eigenvalue weighted by Gasteiger charge is 2.18. The van der Waals surface area contributed by atoms with Gasteiger partial charge < -0.3 is 10.0 Å². The summed E-state index contributed by atoms with van der Waals surface area (Å²) in [6.07, 6.45) is 0.933.